The standard InChI is InChI=1S/C12H18N2O/c1-8(9-2-3-9)14-6-11(7-15)12(13)10-4-5-10/h6,9-10,15H,1-5,7,13H2/b12-11+,14-6-. The number of hydrogen-bond acceptors (Lipinski definition) is 3. The van der Waals surface area contributed by atoms with Gasteiger partial charge in [-0.05, 0) is 31.6 Å². The maximum Gasteiger partial charge on any atom is 0.0713 e. The Morgan fingerprint density at radius 2 is 1.93 bits per heavy atom. The molecule has 0 radical (unpaired) electrons. The molecular formula is C12H18N2O. The maximum absolute atomic E-state index is 9.18. The Bertz CT molecular complexity index is 323. The van der Waals surface area contributed by atoms with E-state index in [-0.39, 0.29) is 6.61 Å². The molecule has 2 aliphatic rings. The summed E-state index contributed by atoms with van der Waals surface area (Å²) in [5.41, 5.74) is 8.40. The van der Waals surface area contributed by atoms with Gasteiger partial charge in [0.15, 0.2) is 0 Å². The van der Waals surface area contributed by atoms with Crippen molar-refractivity contribution in [3.8, 4) is 0 Å². The van der Waals surface area contributed by atoms with Gasteiger partial charge in [0.25, 0.3) is 0 Å². The second-order valence-electron chi connectivity index (χ2n) is 4.44. The first-order chi connectivity index (χ1) is 7.22. The minimum atomic E-state index is -0.0240. The molecule has 82 valence electrons. The van der Waals surface area contributed by atoms with Gasteiger partial charge in [-0.1, -0.05) is 6.58 Å². The summed E-state index contributed by atoms with van der Waals surface area (Å²) in [5, 5.41) is 9.18. The quantitative estimate of drug-likeness (QED) is 0.671. The van der Waals surface area contributed by atoms with Crippen LogP contribution < -0.4 is 5.73 Å². The van der Waals surface area contributed by atoms with E-state index in [1.807, 2.05) is 0 Å². The van der Waals surface area contributed by atoms with E-state index in [1.54, 1.807) is 6.21 Å². The Kier molecular flexibility index (Phi) is 2.91. The summed E-state index contributed by atoms with van der Waals surface area (Å²) in [6, 6.07) is 0. The van der Waals surface area contributed by atoms with E-state index in [2.05, 4.69) is 11.6 Å². The molecule has 15 heavy (non-hydrogen) atoms. The number of nitrogens with zero attached hydrogens (tertiary/aromatic N) is 1. The van der Waals surface area contributed by atoms with Crippen molar-refractivity contribution in [2.45, 2.75) is 25.7 Å². The first kappa shape index (κ1) is 10.4. The van der Waals surface area contributed by atoms with Crippen molar-refractivity contribution >= 4 is 6.21 Å². The van der Waals surface area contributed by atoms with Gasteiger partial charge in [-0.2, -0.15) is 0 Å². The highest BCUT2D eigenvalue weighted by Gasteiger charge is 2.26. The Balaban J connectivity index is 1.99. The average molecular weight is 206 g/mol. The maximum atomic E-state index is 9.18. The summed E-state index contributed by atoms with van der Waals surface area (Å²) in [4.78, 5) is 4.27. The van der Waals surface area contributed by atoms with Crippen molar-refractivity contribution in [1.29, 1.82) is 0 Å². The van der Waals surface area contributed by atoms with Gasteiger partial charge >= 0.3 is 0 Å². The smallest absolute Gasteiger partial charge is 0.0713 e. The number of aliphatic imine (C=N–C) groups is 1. The molecule has 2 saturated carbocycles. The van der Waals surface area contributed by atoms with Gasteiger partial charge in [0.2, 0.25) is 0 Å². The van der Waals surface area contributed by atoms with Crippen LogP contribution >= 0.6 is 0 Å². The lowest BCUT2D eigenvalue weighted by atomic mass is 10.1. The predicted octanol–water partition coefficient (Wildman–Crippen LogP) is 1.60. The lowest BCUT2D eigenvalue weighted by molar-refractivity contribution is 0.336. The zero-order chi connectivity index (χ0) is 10.8. The Morgan fingerprint density at radius 1 is 1.33 bits per heavy atom. The molecule has 2 rings (SSSR count). The van der Waals surface area contributed by atoms with Gasteiger partial charge in [0, 0.05) is 29.1 Å². The second kappa shape index (κ2) is 4.19. The lowest BCUT2D eigenvalue weighted by Gasteiger charge is -2.03. The SMILES string of the molecule is C=C(/N=C\C(CO)=C(/N)C1CC1)C1CC1. The summed E-state index contributed by atoms with van der Waals surface area (Å²) in [5.74, 6) is 1.05. The molecule has 0 saturated heterocycles. The van der Waals surface area contributed by atoms with Gasteiger partial charge in [0.05, 0.1) is 6.61 Å². The fourth-order valence-corrected chi connectivity index (χ4v) is 1.55. The summed E-state index contributed by atoms with van der Waals surface area (Å²) < 4.78 is 0. The van der Waals surface area contributed by atoms with Crippen LogP contribution in [-0.4, -0.2) is 17.9 Å². The molecule has 3 nitrogen and oxygen atoms in total. The van der Waals surface area contributed by atoms with E-state index in [4.69, 9.17) is 5.73 Å². The summed E-state index contributed by atoms with van der Waals surface area (Å²) in [6.45, 7) is 3.88. The third kappa shape index (κ3) is 2.69. The van der Waals surface area contributed by atoms with Crippen molar-refractivity contribution in [2.24, 2.45) is 22.6 Å². The van der Waals surface area contributed by atoms with E-state index in [1.165, 1.54) is 12.8 Å². The molecule has 0 heterocycles. The van der Waals surface area contributed by atoms with Gasteiger partial charge in [-0.3, -0.25) is 4.99 Å². The highest BCUT2D eigenvalue weighted by Crippen LogP contribution is 2.36. The molecule has 0 amide bonds. The van der Waals surface area contributed by atoms with Crippen LogP contribution in [0.1, 0.15) is 25.7 Å². The van der Waals surface area contributed by atoms with Crippen LogP contribution in [0.4, 0.5) is 0 Å². The lowest BCUT2D eigenvalue weighted by Crippen LogP contribution is -2.08. The molecule has 0 atom stereocenters. The summed E-state index contributed by atoms with van der Waals surface area (Å²) >= 11 is 0. The second-order valence-corrected chi connectivity index (χ2v) is 4.44. The van der Waals surface area contributed by atoms with Gasteiger partial charge in [-0.25, -0.2) is 0 Å². The van der Waals surface area contributed by atoms with Crippen LogP contribution in [0.3, 0.4) is 0 Å². The molecule has 0 aliphatic heterocycles. The molecule has 0 aromatic carbocycles. The monoisotopic (exact) mass is 206 g/mol. The molecule has 2 fully saturated rings. The van der Waals surface area contributed by atoms with Crippen molar-refractivity contribution in [3.63, 3.8) is 0 Å². The fourth-order valence-electron chi connectivity index (χ4n) is 1.55. The fraction of sp³-hybridized carbons (Fsp3) is 0.583. The van der Waals surface area contributed by atoms with Crippen LogP contribution in [0, 0.1) is 11.8 Å². The van der Waals surface area contributed by atoms with E-state index < -0.39 is 0 Å². The van der Waals surface area contributed by atoms with Gasteiger partial charge in [0.1, 0.15) is 0 Å². The van der Waals surface area contributed by atoms with Crippen LogP contribution in [0.25, 0.3) is 0 Å². The summed E-state index contributed by atoms with van der Waals surface area (Å²) in [7, 11) is 0. The summed E-state index contributed by atoms with van der Waals surface area (Å²) in [6.07, 6.45) is 6.38. The molecular weight excluding hydrogens is 188 g/mol. The number of rotatable bonds is 5. The third-order valence-electron chi connectivity index (χ3n) is 2.99. The van der Waals surface area contributed by atoms with Crippen molar-refractivity contribution in [3.05, 3.63) is 23.5 Å². The van der Waals surface area contributed by atoms with Crippen LogP contribution in [0.15, 0.2) is 28.5 Å². The minimum Gasteiger partial charge on any atom is -0.401 e. The van der Waals surface area contributed by atoms with Crippen molar-refractivity contribution in [2.75, 3.05) is 6.61 Å². The molecule has 0 aromatic heterocycles. The molecule has 3 N–H and O–H groups in total. The highest BCUT2D eigenvalue weighted by molar-refractivity contribution is 5.80. The first-order valence-corrected chi connectivity index (χ1v) is 5.54. The predicted molar refractivity (Wildman–Crippen MR) is 61.4 cm³/mol. The zero-order valence-electron chi connectivity index (χ0n) is 8.95. The minimum absolute atomic E-state index is 0.0240. The van der Waals surface area contributed by atoms with Crippen LogP contribution in [0.5, 0.6) is 0 Å². The molecule has 2 aliphatic carbocycles. The van der Waals surface area contributed by atoms with E-state index in [9.17, 15) is 5.11 Å². The molecule has 0 spiro atoms. The number of nitrogens with two attached hydrogens (primary N) is 1. The van der Waals surface area contributed by atoms with Crippen LogP contribution in [-0.2, 0) is 0 Å². The highest BCUT2D eigenvalue weighted by atomic mass is 16.3. The first-order valence-electron chi connectivity index (χ1n) is 5.54. The van der Waals surface area contributed by atoms with Gasteiger partial charge in [-0.15, -0.1) is 0 Å². The molecule has 3 heteroatoms. The van der Waals surface area contributed by atoms with E-state index in [0.717, 1.165) is 29.8 Å². The van der Waals surface area contributed by atoms with Crippen LogP contribution in [0.2, 0.25) is 0 Å². The Labute approximate surface area is 90.4 Å². The zero-order valence-corrected chi connectivity index (χ0v) is 8.95. The molecule has 0 bridgehead atoms. The topological polar surface area (TPSA) is 58.6 Å². The molecule has 0 unspecified atom stereocenters. The normalized spacial score (nSPS) is 23.0. The third-order valence-corrected chi connectivity index (χ3v) is 2.99. The van der Waals surface area contributed by atoms with Gasteiger partial charge < -0.3 is 10.8 Å². The van der Waals surface area contributed by atoms with Crippen molar-refractivity contribution < 1.29 is 5.11 Å². The Morgan fingerprint density at radius 3 is 2.40 bits per heavy atom. The number of allylic oxidation sites excluding steroid dienone is 2. The van der Waals surface area contributed by atoms with E-state index >= 15 is 0 Å². The van der Waals surface area contributed by atoms with E-state index in [0.29, 0.717) is 11.8 Å². The number of aliphatic hydroxyl groups is 1. The number of hydrogen-bond donors (Lipinski definition) is 2. The largest absolute Gasteiger partial charge is 0.401 e. The molecule has 0 aromatic rings. The Hall–Kier alpha value is -1.09. The average Bonchev–Trinajstić information content (AvgIpc) is 3.05. The number of aliphatic hydroxyl groups excluding tert-OH is 1. The van der Waals surface area contributed by atoms with Crippen molar-refractivity contribution in [1.82, 2.24) is 0 Å².